The Labute approximate surface area is 144 Å². The molecule has 0 fully saturated rings. The van der Waals surface area contributed by atoms with Crippen LogP contribution in [0.15, 0.2) is 49.1 Å². The number of hydrogen-bond acceptors (Lipinski definition) is 4. The summed E-state index contributed by atoms with van der Waals surface area (Å²) in [5, 5.41) is 2.87. The van der Waals surface area contributed by atoms with Crippen molar-refractivity contribution in [1.29, 1.82) is 0 Å². The lowest BCUT2D eigenvalue weighted by Gasteiger charge is -2.11. The fourth-order valence-corrected chi connectivity index (χ4v) is 2.90. The molecule has 0 aliphatic rings. The van der Waals surface area contributed by atoms with Crippen molar-refractivity contribution in [2.24, 2.45) is 0 Å². The molecule has 0 aliphatic carbocycles. The van der Waals surface area contributed by atoms with Gasteiger partial charge in [-0.3, -0.25) is 9.78 Å². The minimum Gasteiger partial charge on any atom is -0.345 e. The molecule has 4 aromatic rings. The lowest BCUT2D eigenvalue weighted by atomic mass is 10.1. The normalized spacial score (nSPS) is 11.1. The monoisotopic (exact) mass is 331 g/mol. The van der Waals surface area contributed by atoms with Gasteiger partial charge < -0.3 is 9.72 Å². The van der Waals surface area contributed by atoms with Crippen molar-refractivity contribution >= 4 is 22.5 Å². The molecule has 0 saturated heterocycles. The van der Waals surface area contributed by atoms with Crippen LogP contribution >= 0.6 is 0 Å². The third-order valence-corrected chi connectivity index (χ3v) is 4.36. The predicted molar refractivity (Wildman–Crippen MR) is 95.4 cm³/mol. The summed E-state index contributed by atoms with van der Waals surface area (Å²) in [6.07, 6.45) is 6.50. The standard InChI is InChI=1S/C19H17N5O/c1-12-8-14-18(9-13(12)2)24-7-3-4-17(24)15(23-14)11-22-19(25)16-10-20-5-6-21-16/h3-10H,11H2,1-2H3,(H,22,25). The van der Waals surface area contributed by atoms with Gasteiger partial charge in [0.2, 0.25) is 0 Å². The van der Waals surface area contributed by atoms with Crippen molar-refractivity contribution in [1.82, 2.24) is 24.7 Å². The van der Waals surface area contributed by atoms with Crippen LogP contribution in [0.4, 0.5) is 0 Å². The topological polar surface area (TPSA) is 72.2 Å². The summed E-state index contributed by atoms with van der Waals surface area (Å²) in [6, 6.07) is 8.22. The molecular weight excluding hydrogens is 314 g/mol. The Morgan fingerprint density at radius 3 is 2.80 bits per heavy atom. The van der Waals surface area contributed by atoms with E-state index in [9.17, 15) is 4.79 Å². The number of amides is 1. The smallest absolute Gasteiger partial charge is 0.271 e. The van der Waals surface area contributed by atoms with Gasteiger partial charge in [-0.2, -0.15) is 0 Å². The van der Waals surface area contributed by atoms with Gasteiger partial charge in [0.05, 0.1) is 35.0 Å². The molecule has 6 nitrogen and oxygen atoms in total. The Morgan fingerprint density at radius 1 is 1.16 bits per heavy atom. The van der Waals surface area contributed by atoms with Crippen LogP contribution in [0.3, 0.4) is 0 Å². The molecule has 6 heteroatoms. The molecule has 0 atom stereocenters. The Bertz CT molecular complexity index is 1090. The van der Waals surface area contributed by atoms with Crippen molar-refractivity contribution < 1.29 is 4.79 Å². The summed E-state index contributed by atoms with van der Waals surface area (Å²) in [4.78, 5) is 24.9. The van der Waals surface area contributed by atoms with Gasteiger partial charge in [-0.25, -0.2) is 9.97 Å². The predicted octanol–water partition coefficient (Wildman–Crippen LogP) is 2.82. The lowest BCUT2D eigenvalue weighted by molar-refractivity contribution is 0.0945. The van der Waals surface area contributed by atoms with Crippen LogP contribution < -0.4 is 5.32 Å². The van der Waals surface area contributed by atoms with Crippen LogP contribution in [0, 0.1) is 13.8 Å². The number of aromatic nitrogens is 4. The van der Waals surface area contributed by atoms with Gasteiger partial charge in [0.1, 0.15) is 5.69 Å². The number of nitrogens with zero attached hydrogens (tertiary/aromatic N) is 4. The molecule has 124 valence electrons. The molecule has 4 rings (SSSR count). The summed E-state index contributed by atoms with van der Waals surface area (Å²) in [5.74, 6) is -0.264. The van der Waals surface area contributed by atoms with Crippen LogP contribution in [0.5, 0.6) is 0 Å². The van der Waals surface area contributed by atoms with Crippen molar-refractivity contribution in [2.45, 2.75) is 20.4 Å². The zero-order valence-corrected chi connectivity index (χ0v) is 14.0. The fourth-order valence-electron chi connectivity index (χ4n) is 2.90. The van der Waals surface area contributed by atoms with Crippen LogP contribution in [0.1, 0.15) is 27.3 Å². The van der Waals surface area contributed by atoms with E-state index in [4.69, 9.17) is 4.98 Å². The van der Waals surface area contributed by atoms with E-state index in [2.05, 4.69) is 45.7 Å². The molecule has 0 unspecified atom stereocenters. The molecule has 1 aromatic carbocycles. The largest absolute Gasteiger partial charge is 0.345 e. The third kappa shape index (κ3) is 2.71. The number of benzene rings is 1. The van der Waals surface area contributed by atoms with Crippen molar-refractivity contribution in [3.8, 4) is 0 Å². The lowest BCUT2D eigenvalue weighted by Crippen LogP contribution is -2.24. The van der Waals surface area contributed by atoms with E-state index in [1.54, 1.807) is 0 Å². The van der Waals surface area contributed by atoms with E-state index < -0.39 is 0 Å². The number of carbonyl (C=O) groups excluding carboxylic acids is 1. The van der Waals surface area contributed by atoms with Crippen LogP contribution in [-0.2, 0) is 6.54 Å². The van der Waals surface area contributed by atoms with Gasteiger partial charge in [-0.15, -0.1) is 0 Å². The van der Waals surface area contributed by atoms with Crippen molar-refractivity contribution in [3.05, 3.63) is 71.6 Å². The zero-order valence-electron chi connectivity index (χ0n) is 14.0. The van der Waals surface area contributed by atoms with E-state index in [0.29, 0.717) is 12.2 Å². The van der Waals surface area contributed by atoms with Crippen LogP contribution in [-0.4, -0.2) is 25.3 Å². The summed E-state index contributed by atoms with van der Waals surface area (Å²) < 4.78 is 2.11. The molecule has 3 heterocycles. The molecule has 25 heavy (non-hydrogen) atoms. The van der Waals surface area contributed by atoms with Gasteiger partial charge in [0.25, 0.3) is 5.91 Å². The third-order valence-electron chi connectivity index (χ3n) is 4.36. The number of rotatable bonds is 3. The minimum absolute atomic E-state index is 0.264. The molecule has 0 aliphatic heterocycles. The van der Waals surface area contributed by atoms with E-state index in [1.807, 2.05) is 18.3 Å². The first kappa shape index (κ1) is 15.3. The van der Waals surface area contributed by atoms with E-state index >= 15 is 0 Å². The number of nitrogens with one attached hydrogen (secondary N) is 1. The van der Waals surface area contributed by atoms with Crippen LogP contribution in [0.2, 0.25) is 0 Å². The minimum atomic E-state index is -0.264. The summed E-state index contributed by atoms with van der Waals surface area (Å²) >= 11 is 0. The van der Waals surface area contributed by atoms with Gasteiger partial charge >= 0.3 is 0 Å². The number of fused-ring (bicyclic) bond motifs is 3. The van der Waals surface area contributed by atoms with Crippen molar-refractivity contribution in [3.63, 3.8) is 0 Å². The van der Waals surface area contributed by atoms with Gasteiger partial charge in [-0.05, 0) is 49.2 Å². The molecule has 1 amide bonds. The average Bonchev–Trinajstić information content (AvgIpc) is 3.12. The Hall–Kier alpha value is -3.28. The molecule has 0 saturated carbocycles. The Balaban J connectivity index is 1.72. The highest BCUT2D eigenvalue weighted by atomic mass is 16.1. The molecule has 0 bridgehead atoms. The highest BCUT2D eigenvalue weighted by Gasteiger charge is 2.12. The Kier molecular flexibility index (Phi) is 3.65. The first-order chi connectivity index (χ1) is 12.1. The second kappa shape index (κ2) is 5.98. The average molecular weight is 331 g/mol. The van der Waals surface area contributed by atoms with Gasteiger partial charge in [0, 0.05) is 18.6 Å². The van der Waals surface area contributed by atoms with Crippen molar-refractivity contribution in [2.75, 3.05) is 0 Å². The molecule has 0 radical (unpaired) electrons. The molecule has 0 spiro atoms. The van der Waals surface area contributed by atoms with Gasteiger partial charge in [0.15, 0.2) is 0 Å². The van der Waals surface area contributed by atoms with E-state index in [-0.39, 0.29) is 5.91 Å². The quantitative estimate of drug-likeness (QED) is 0.626. The van der Waals surface area contributed by atoms with Crippen LogP contribution in [0.25, 0.3) is 16.6 Å². The fraction of sp³-hybridized carbons (Fsp3) is 0.158. The molecule has 3 aromatic heterocycles. The summed E-state index contributed by atoms with van der Waals surface area (Å²) in [5.41, 5.74) is 6.49. The SMILES string of the molecule is Cc1cc2nc(CNC(=O)c3cnccn3)c3cccn3c2cc1C. The first-order valence-electron chi connectivity index (χ1n) is 8.04. The summed E-state index contributed by atoms with van der Waals surface area (Å²) in [6.45, 7) is 4.50. The maximum atomic E-state index is 12.2. The van der Waals surface area contributed by atoms with E-state index in [0.717, 1.165) is 22.2 Å². The summed E-state index contributed by atoms with van der Waals surface area (Å²) in [7, 11) is 0. The first-order valence-corrected chi connectivity index (χ1v) is 8.04. The highest BCUT2D eigenvalue weighted by Crippen LogP contribution is 2.22. The maximum absolute atomic E-state index is 12.2. The van der Waals surface area contributed by atoms with Gasteiger partial charge in [-0.1, -0.05) is 0 Å². The number of carbonyl (C=O) groups is 1. The molecule has 1 N–H and O–H groups in total. The second-order valence-corrected chi connectivity index (χ2v) is 6.02. The highest BCUT2D eigenvalue weighted by molar-refractivity contribution is 5.92. The number of hydrogen-bond donors (Lipinski definition) is 1. The van der Waals surface area contributed by atoms with E-state index in [1.165, 1.54) is 29.7 Å². The second-order valence-electron chi connectivity index (χ2n) is 6.02. The molecular formula is C19H17N5O. The number of aryl methyl sites for hydroxylation is 2. The maximum Gasteiger partial charge on any atom is 0.271 e. The zero-order chi connectivity index (χ0) is 17.4. The Morgan fingerprint density at radius 2 is 2.00 bits per heavy atom.